The van der Waals surface area contributed by atoms with Gasteiger partial charge in [-0.05, 0) is 51.2 Å². The molecule has 1 fully saturated rings. The number of carbonyl (C=O) groups is 2. The third-order valence-electron chi connectivity index (χ3n) is 5.53. The number of carbonyl (C=O) groups excluding carboxylic acids is 2. The molecule has 0 unspecified atom stereocenters. The molecule has 2 rings (SSSR count). The van der Waals surface area contributed by atoms with Crippen molar-refractivity contribution in [1.82, 2.24) is 5.32 Å². The number of nitrogens with one attached hydrogen (secondary N) is 1. The van der Waals surface area contributed by atoms with Crippen molar-refractivity contribution in [3.63, 3.8) is 0 Å². The van der Waals surface area contributed by atoms with Crippen molar-refractivity contribution in [3.05, 3.63) is 17.7 Å². The molecule has 3 atom stereocenters. The van der Waals surface area contributed by atoms with Crippen LogP contribution in [0.4, 0.5) is 0 Å². The monoisotopic (exact) mass is 421 g/mol. The van der Waals surface area contributed by atoms with E-state index in [0.717, 1.165) is 12.8 Å². The van der Waals surface area contributed by atoms with Crippen molar-refractivity contribution in [2.45, 2.75) is 59.9 Å². The third kappa shape index (κ3) is 6.28. The Hall–Kier alpha value is -2.44. The molecular formula is C23H35NO6. The maximum atomic E-state index is 12.6. The Morgan fingerprint density at radius 1 is 0.967 bits per heavy atom. The summed E-state index contributed by atoms with van der Waals surface area (Å²) in [6, 6.07) is 3.24. The second-order valence-corrected chi connectivity index (χ2v) is 7.62. The first-order chi connectivity index (χ1) is 14.4. The second kappa shape index (κ2) is 11.7. The Labute approximate surface area is 179 Å². The Bertz CT molecular complexity index is 693. The minimum Gasteiger partial charge on any atom is -0.490 e. The Balaban J connectivity index is 2.05. The first-order valence-corrected chi connectivity index (χ1v) is 10.9. The van der Waals surface area contributed by atoms with Gasteiger partial charge in [0.2, 0.25) is 5.75 Å². The van der Waals surface area contributed by atoms with E-state index in [4.69, 9.17) is 18.9 Å². The largest absolute Gasteiger partial charge is 0.490 e. The van der Waals surface area contributed by atoms with Crippen molar-refractivity contribution in [2.24, 2.45) is 11.8 Å². The number of amides is 1. The molecule has 1 saturated carbocycles. The van der Waals surface area contributed by atoms with Crippen LogP contribution in [0.3, 0.4) is 0 Å². The molecule has 0 heterocycles. The smallest absolute Gasteiger partial charge is 0.338 e. The molecule has 0 aliphatic heterocycles. The fourth-order valence-corrected chi connectivity index (χ4v) is 3.76. The van der Waals surface area contributed by atoms with Gasteiger partial charge >= 0.3 is 5.97 Å². The van der Waals surface area contributed by atoms with Crippen molar-refractivity contribution < 1.29 is 28.5 Å². The summed E-state index contributed by atoms with van der Waals surface area (Å²) in [6.07, 6.45) is 3.24. The van der Waals surface area contributed by atoms with E-state index in [-0.39, 0.29) is 24.1 Å². The van der Waals surface area contributed by atoms with Crippen LogP contribution >= 0.6 is 0 Å². The summed E-state index contributed by atoms with van der Waals surface area (Å²) in [4.78, 5) is 24.9. The lowest BCUT2D eigenvalue weighted by Crippen LogP contribution is -2.45. The fraction of sp³-hybridized carbons (Fsp3) is 0.652. The summed E-state index contributed by atoms with van der Waals surface area (Å²) in [5.41, 5.74) is 0.248. The molecule has 7 heteroatoms. The Kier molecular flexibility index (Phi) is 9.27. The van der Waals surface area contributed by atoms with E-state index >= 15 is 0 Å². The predicted octanol–water partition coefficient (Wildman–Crippen LogP) is 3.98. The zero-order chi connectivity index (χ0) is 22.1. The van der Waals surface area contributed by atoms with Gasteiger partial charge in [-0.3, -0.25) is 4.79 Å². The minimum absolute atomic E-state index is 0.125. The average Bonchev–Trinajstić information content (AvgIpc) is 2.72. The highest BCUT2D eigenvalue weighted by Crippen LogP contribution is 2.39. The van der Waals surface area contributed by atoms with E-state index < -0.39 is 5.97 Å². The van der Waals surface area contributed by atoms with Gasteiger partial charge in [-0.25, -0.2) is 4.79 Å². The zero-order valence-electron chi connectivity index (χ0n) is 18.8. The van der Waals surface area contributed by atoms with Crippen molar-refractivity contribution in [3.8, 4) is 17.2 Å². The molecule has 0 spiro atoms. The van der Waals surface area contributed by atoms with E-state index in [2.05, 4.69) is 19.2 Å². The SMILES string of the molecule is CCOc1cc(C(=O)OCC(=O)N[C@@H]2CCC[C@H](C)[C@@H]2C)cc(OCC)c1OCC. The van der Waals surface area contributed by atoms with Gasteiger partial charge < -0.3 is 24.3 Å². The summed E-state index contributed by atoms with van der Waals surface area (Å²) < 4.78 is 22.1. The Morgan fingerprint density at radius 3 is 2.13 bits per heavy atom. The summed E-state index contributed by atoms with van der Waals surface area (Å²) in [6.45, 7) is 10.8. The van der Waals surface area contributed by atoms with Gasteiger partial charge in [-0.1, -0.05) is 26.7 Å². The van der Waals surface area contributed by atoms with Crippen LogP contribution in [0.15, 0.2) is 12.1 Å². The molecule has 7 nitrogen and oxygen atoms in total. The van der Waals surface area contributed by atoms with Gasteiger partial charge in [-0.2, -0.15) is 0 Å². The summed E-state index contributed by atoms with van der Waals surface area (Å²) in [5, 5.41) is 3.01. The van der Waals surface area contributed by atoms with Crippen LogP contribution in [0.5, 0.6) is 17.2 Å². The topological polar surface area (TPSA) is 83.1 Å². The van der Waals surface area contributed by atoms with E-state index in [0.29, 0.717) is 48.9 Å². The highest BCUT2D eigenvalue weighted by atomic mass is 16.5. The summed E-state index contributed by atoms with van der Waals surface area (Å²) >= 11 is 0. The molecule has 0 bridgehead atoms. The van der Waals surface area contributed by atoms with Crippen LogP contribution in [0.1, 0.15) is 64.2 Å². The van der Waals surface area contributed by atoms with Crippen molar-refractivity contribution in [1.29, 1.82) is 0 Å². The van der Waals surface area contributed by atoms with Crippen LogP contribution in [0.2, 0.25) is 0 Å². The lowest BCUT2D eigenvalue weighted by atomic mass is 9.78. The first-order valence-electron chi connectivity index (χ1n) is 10.9. The highest BCUT2D eigenvalue weighted by Gasteiger charge is 2.28. The molecule has 1 N–H and O–H groups in total. The van der Waals surface area contributed by atoms with Crippen molar-refractivity contribution >= 4 is 11.9 Å². The summed E-state index contributed by atoms with van der Waals surface area (Å²) in [5.74, 6) is 1.36. The third-order valence-corrected chi connectivity index (χ3v) is 5.53. The maximum Gasteiger partial charge on any atom is 0.338 e. The molecule has 0 aromatic heterocycles. The lowest BCUT2D eigenvalue weighted by Gasteiger charge is -2.34. The van der Waals surface area contributed by atoms with Gasteiger partial charge in [0.25, 0.3) is 5.91 Å². The number of hydrogen-bond donors (Lipinski definition) is 1. The Morgan fingerprint density at radius 2 is 1.57 bits per heavy atom. The first kappa shape index (κ1) is 23.8. The van der Waals surface area contributed by atoms with E-state index in [1.54, 1.807) is 12.1 Å². The molecule has 1 amide bonds. The van der Waals surface area contributed by atoms with Gasteiger partial charge in [0.05, 0.1) is 25.4 Å². The number of ether oxygens (including phenoxy) is 4. The van der Waals surface area contributed by atoms with Crippen molar-refractivity contribution in [2.75, 3.05) is 26.4 Å². The molecule has 30 heavy (non-hydrogen) atoms. The summed E-state index contributed by atoms with van der Waals surface area (Å²) in [7, 11) is 0. The van der Waals surface area contributed by atoms with Gasteiger partial charge in [0.1, 0.15) is 0 Å². The molecule has 0 saturated heterocycles. The number of benzene rings is 1. The number of rotatable bonds is 10. The van der Waals surface area contributed by atoms with Gasteiger partial charge in [0.15, 0.2) is 18.1 Å². The van der Waals surface area contributed by atoms with Crippen LogP contribution in [0, 0.1) is 11.8 Å². The molecule has 1 aliphatic carbocycles. The van der Waals surface area contributed by atoms with Gasteiger partial charge in [0, 0.05) is 6.04 Å². The van der Waals surface area contributed by atoms with Crippen LogP contribution in [0.25, 0.3) is 0 Å². The molecule has 1 aromatic carbocycles. The van der Waals surface area contributed by atoms with Crippen LogP contribution < -0.4 is 19.5 Å². The van der Waals surface area contributed by atoms with E-state index in [1.807, 2.05) is 20.8 Å². The quantitative estimate of drug-likeness (QED) is 0.576. The van der Waals surface area contributed by atoms with E-state index in [1.165, 1.54) is 6.42 Å². The van der Waals surface area contributed by atoms with Crippen LogP contribution in [-0.4, -0.2) is 44.3 Å². The minimum atomic E-state index is -0.611. The number of hydrogen-bond acceptors (Lipinski definition) is 6. The molecule has 0 radical (unpaired) electrons. The average molecular weight is 422 g/mol. The van der Waals surface area contributed by atoms with Crippen LogP contribution in [-0.2, 0) is 9.53 Å². The molecule has 1 aliphatic rings. The normalized spacial score (nSPS) is 20.9. The standard InChI is InChI=1S/C23H35NO6/c1-6-27-19-12-17(13-20(28-7-2)22(19)29-8-3)23(26)30-14-21(25)24-18-11-9-10-15(4)16(18)5/h12-13,15-16,18H,6-11,14H2,1-5H3,(H,24,25)/t15-,16-,18+/m0/s1. The molecular weight excluding hydrogens is 386 g/mol. The van der Waals surface area contributed by atoms with E-state index in [9.17, 15) is 9.59 Å². The second-order valence-electron chi connectivity index (χ2n) is 7.62. The fourth-order valence-electron chi connectivity index (χ4n) is 3.76. The maximum absolute atomic E-state index is 12.6. The van der Waals surface area contributed by atoms with Gasteiger partial charge in [-0.15, -0.1) is 0 Å². The number of esters is 1. The lowest BCUT2D eigenvalue weighted by molar-refractivity contribution is -0.125. The highest BCUT2D eigenvalue weighted by molar-refractivity contribution is 5.92. The zero-order valence-corrected chi connectivity index (χ0v) is 18.8. The predicted molar refractivity (Wildman–Crippen MR) is 114 cm³/mol. The molecule has 168 valence electrons. The molecule has 1 aromatic rings.